The number of nitrogens with zero attached hydrogens (tertiary/aromatic N) is 2. The van der Waals surface area contributed by atoms with Crippen molar-refractivity contribution in [2.75, 3.05) is 31.1 Å². The maximum absolute atomic E-state index is 12.8. The van der Waals surface area contributed by atoms with Gasteiger partial charge >= 0.3 is 0 Å². The molecule has 0 saturated carbocycles. The molecule has 2 N–H and O–H groups in total. The zero-order chi connectivity index (χ0) is 21.8. The minimum Gasteiger partial charge on any atom is -0.465 e. The molecule has 1 aromatic carbocycles. The van der Waals surface area contributed by atoms with E-state index in [2.05, 4.69) is 46.7 Å². The fourth-order valence-electron chi connectivity index (χ4n) is 4.51. The third-order valence-electron chi connectivity index (χ3n) is 6.20. The Kier molecular flexibility index (Phi) is 6.61. The molecule has 2 aliphatic heterocycles. The van der Waals surface area contributed by atoms with Crippen LogP contribution in [0, 0.1) is 13.8 Å². The van der Waals surface area contributed by atoms with Gasteiger partial charge in [-0.05, 0) is 56.5 Å². The third kappa shape index (κ3) is 5.47. The molecule has 0 aliphatic carbocycles. The van der Waals surface area contributed by atoms with E-state index >= 15 is 0 Å². The summed E-state index contributed by atoms with van der Waals surface area (Å²) in [5, 5.41) is 6.06. The minimum atomic E-state index is -0.466. The lowest BCUT2D eigenvalue weighted by molar-refractivity contribution is -0.134. The summed E-state index contributed by atoms with van der Waals surface area (Å²) < 4.78 is 5.67. The standard InChI is InChI=1S/C24H32N4O3/c1-17-4-3-5-20(14-17)27-11-8-19(9-12-27)26-23(29)15-22-24(30)25-10-13-28(22)16-21-7-6-18(2)31-21/h3-7,14,19,22H,8-13,15-16H2,1-2H3,(H,25,30)(H,26,29)/t22-/m0/s1. The van der Waals surface area contributed by atoms with Crippen LogP contribution in [0.2, 0.25) is 0 Å². The molecule has 31 heavy (non-hydrogen) atoms. The number of furan rings is 1. The van der Waals surface area contributed by atoms with Crippen molar-refractivity contribution in [2.24, 2.45) is 0 Å². The molecule has 2 amide bonds. The number of piperazine rings is 1. The summed E-state index contributed by atoms with van der Waals surface area (Å²) in [6.45, 7) is 7.68. The Morgan fingerprint density at radius 3 is 2.68 bits per heavy atom. The van der Waals surface area contributed by atoms with Crippen molar-refractivity contribution < 1.29 is 14.0 Å². The quantitative estimate of drug-likeness (QED) is 0.745. The molecule has 0 bridgehead atoms. The van der Waals surface area contributed by atoms with E-state index in [9.17, 15) is 9.59 Å². The number of rotatable bonds is 6. The van der Waals surface area contributed by atoms with E-state index in [1.165, 1.54) is 11.3 Å². The van der Waals surface area contributed by atoms with E-state index < -0.39 is 6.04 Å². The molecule has 7 nitrogen and oxygen atoms in total. The molecule has 4 rings (SSSR count). The van der Waals surface area contributed by atoms with Crippen LogP contribution in [0.3, 0.4) is 0 Å². The van der Waals surface area contributed by atoms with Crippen LogP contribution in [0.5, 0.6) is 0 Å². The lowest BCUT2D eigenvalue weighted by Crippen LogP contribution is -2.56. The molecule has 7 heteroatoms. The zero-order valence-corrected chi connectivity index (χ0v) is 18.4. The molecule has 0 spiro atoms. The fourth-order valence-corrected chi connectivity index (χ4v) is 4.51. The molecule has 166 valence electrons. The van der Waals surface area contributed by atoms with Gasteiger partial charge < -0.3 is 20.0 Å². The molecule has 1 aromatic heterocycles. The Hall–Kier alpha value is -2.80. The number of hydrogen-bond donors (Lipinski definition) is 2. The van der Waals surface area contributed by atoms with Gasteiger partial charge in [0.1, 0.15) is 11.5 Å². The number of aryl methyl sites for hydroxylation is 2. The van der Waals surface area contributed by atoms with Crippen LogP contribution in [-0.2, 0) is 16.1 Å². The summed E-state index contributed by atoms with van der Waals surface area (Å²) in [5.74, 6) is 1.53. The van der Waals surface area contributed by atoms with Gasteiger partial charge in [-0.2, -0.15) is 0 Å². The first-order valence-corrected chi connectivity index (χ1v) is 11.2. The number of piperidine rings is 1. The summed E-state index contributed by atoms with van der Waals surface area (Å²) in [6.07, 6.45) is 1.99. The fraction of sp³-hybridized carbons (Fsp3) is 0.500. The van der Waals surface area contributed by atoms with E-state index in [-0.39, 0.29) is 24.3 Å². The molecule has 2 aromatic rings. The second kappa shape index (κ2) is 9.56. The predicted octanol–water partition coefficient (Wildman–Crippen LogP) is 2.37. The van der Waals surface area contributed by atoms with Crippen molar-refractivity contribution in [3.63, 3.8) is 0 Å². The van der Waals surface area contributed by atoms with Crippen molar-refractivity contribution in [1.82, 2.24) is 15.5 Å². The van der Waals surface area contributed by atoms with Gasteiger partial charge in [-0.25, -0.2) is 0 Å². The third-order valence-corrected chi connectivity index (χ3v) is 6.20. The molecule has 2 fully saturated rings. The van der Waals surface area contributed by atoms with Gasteiger partial charge in [0.25, 0.3) is 0 Å². The van der Waals surface area contributed by atoms with Crippen molar-refractivity contribution in [3.8, 4) is 0 Å². The summed E-state index contributed by atoms with van der Waals surface area (Å²) in [6, 6.07) is 12.1. The van der Waals surface area contributed by atoms with Crippen LogP contribution in [0.25, 0.3) is 0 Å². The Morgan fingerprint density at radius 1 is 1.16 bits per heavy atom. The van der Waals surface area contributed by atoms with Gasteiger partial charge in [-0.1, -0.05) is 12.1 Å². The SMILES string of the molecule is Cc1cccc(N2CCC(NC(=O)C[C@H]3C(=O)NCCN3Cc3ccc(C)o3)CC2)c1. The predicted molar refractivity (Wildman–Crippen MR) is 120 cm³/mol. The molecule has 1 atom stereocenters. The van der Waals surface area contributed by atoms with Crippen LogP contribution < -0.4 is 15.5 Å². The zero-order valence-electron chi connectivity index (χ0n) is 18.4. The average molecular weight is 425 g/mol. The van der Waals surface area contributed by atoms with Crippen molar-refractivity contribution in [2.45, 2.75) is 51.7 Å². The first kappa shape index (κ1) is 21.4. The van der Waals surface area contributed by atoms with Gasteiger partial charge in [0.15, 0.2) is 0 Å². The van der Waals surface area contributed by atoms with Gasteiger partial charge in [0.2, 0.25) is 11.8 Å². The maximum Gasteiger partial charge on any atom is 0.237 e. The number of hydrogen-bond acceptors (Lipinski definition) is 5. The summed E-state index contributed by atoms with van der Waals surface area (Å²) in [5.41, 5.74) is 2.50. The van der Waals surface area contributed by atoms with Crippen LogP contribution in [0.4, 0.5) is 5.69 Å². The Bertz CT molecular complexity index is 917. The monoisotopic (exact) mass is 424 g/mol. The van der Waals surface area contributed by atoms with Crippen LogP contribution in [-0.4, -0.2) is 55.0 Å². The number of benzene rings is 1. The molecular weight excluding hydrogens is 392 g/mol. The Balaban J connectivity index is 1.29. The molecule has 3 heterocycles. The van der Waals surface area contributed by atoms with Crippen LogP contribution >= 0.6 is 0 Å². The lowest BCUT2D eigenvalue weighted by atomic mass is 10.0. The largest absolute Gasteiger partial charge is 0.465 e. The smallest absolute Gasteiger partial charge is 0.237 e. The number of amides is 2. The highest BCUT2D eigenvalue weighted by atomic mass is 16.3. The summed E-state index contributed by atoms with van der Waals surface area (Å²) in [4.78, 5) is 29.7. The minimum absolute atomic E-state index is 0.0586. The average Bonchev–Trinajstić information content (AvgIpc) is 3.16. The molecule has 0 unspecified atom stereocenters. The second-order valence-corrected chi connectivity index (χ2v) is 8.66. The van der Waals surface area contributed by atoms with Gasteiger partial charge in [-0.15, -0.1) is 0 Å². The van der Waals surface area contributed by atoms with E-state index in [1.807, 2.05) is 24.0 Å². The van der Waals surface area contributed by atoms with Crippen molar-refractivity contribution in [3.05, 3.63) is 53.5 Å². The Labute approximate surface area is 183 Å². The summed E-state index contributed by atoms with van der Waals surface area (Å²) >= 11 is 0. The first-order chi connectivity index (χ1) is 15.0. The van der Waals surface area contributed by atoms with Gasteiger partial charge in [0.05, 0.1) is 19.0 Å². The second-order valence-electron chi connectivity index (χ2n) is 8.66. The van der Waals surface area contributed by atoms with Crippen LogP contribution in [0.1, 0.15) is 36.3 Å². The molecule has 2 aliphatic rings. The molecule has 2 saturated heterocycles. The molecular formula is C24H32N4O3. The molecule has 0 radical (unpaired) electrons. The van der Waals surface area contributed by atoms with E-state index in [1.54, 1.807) is 0 Å². The first-order valence-electron chi connectivity index (χ1n) is 11.2. The van der Waals surface area contributed by atoms with Crippen molar-refractivity contribution in [1.29, 1.82) is 0 Å². The van der Waals surface area contributed by atoms with Crippen LogP contribution in [0.15, 0.2) is 40.8 Å². The van der Waals surface area contributed by atoms with Gasteiger partial charge in [0, 0.05) is 37.9 Å². The highest BCUT2D eigenvalue weighted by Crippen LogP contribution is 2.21. The van der Waals surface area contributed by atoms with E-state index in [0.717, 1.165) is 37.5 Å². The van der Waals surface area contributed by atoms with E-state index in [0.29, 0.717) is 19.6 Å². The highest BCUT2D eigenvalue weighted by Gasteiger charge is 2.33. The lowest BCUT2D eigenvalue weighted by Gasteiger charge is -2.36. The number of carbonyl (C=O) groups excluding carboxylic acids is 2. The topological polar surface area (TPSA) is 77.8 Å². The maximum atomic E-state index is 12.8. The Morgan fingerprint density at radius 2 is 1.97 bits per heavy atom. The summed E-state index contributed by atoms with van der Waals surface area (Å²) in [7, 11) is 0. The van der Waals surface area contributed by atoms with Gasteiger partial charge in [-0.3, -0.25) is 14.5 Å². The number of anilines is 1. The van der Waals surface area contributed by atoms with Crippen molar-refractivity contribution >= 4 is 17.5 Å². The number of carbonyl (C=O) groups is 2. The highest BCUT2D eigenvalue weighted by molar-refractivity contribution is 5.88. The van der Waals surface area contributed by atoms with E-state index in [4.69, 9.17) is 4.42 Å². The normalized spacial score (nSPS) is 20.5. The number of nitrogens with one attached hydrogen (secondary N) is 2.